The van der Waals surface area contributed by atoms with Gasteiger partial charge in [-0.1, -0.05) is 0 Å². The summed E-state index contributed by atoms with van der Waals surface area (Å²) in [6.07, 6.45) is 1.23. The summed E-state index contributed by atoms with van der Waals surface area (Å²) in [5.74, 6) is -0.125. The molecule has 3 atom stereocenters. The molecule has 1 aliphatic rings. The molecule has 0 aliphatic carbocycles. The predicted molar refractivity (Wildman–Crippen MR) is 59.1 cm³/mol. The number of carbonyl (C=O) groups excluding carboxylic acids is 1. The molecular weight excluding hydrogens is 216 g/mol. The first-order valence-corrected chi connectivity index (χ1v) is 6.65. The van der Waals surface area contributed by atoms with Crippen molar-refractivity contribution in [3.63, 3.8) is 0 Å². The molecule has 0 spiro atoms. The molecule has 1 fully saturated rings. The van der Waals surface area contributed by atoms with Crippen LogP contribution in [0.4, 0.5) is 0 Å². The van der Waals surface area contributed by atoms with Gasteiger partial charge in [0.25, 0.3) is 5.91 Å². The minimum Gasteiger partial charge on any atom is -0.366 e. The average Bonchev–Trinajstić information content (AvgIpc) is 2.26. The number of carbonyl (C=O) groups is 1. The van der Waals surface area contributed by atoms with Gasteiger partial charge < -0.3 is 15.4 Å². The van der Waals surface area contributed by atoms with E-state index in [4.69, 9.17) is 4.74 Å². The fourth-order valence-corrected chi connectivity index (χ4v) is 1.53. The van der Waals surface area contributed by atoms with Crippen LogP contribution in [0.1, 0.15) is 6.92 Å². The predicted octanol–water partition coefficient (Wildman–Crippen LogP) is -1.14. The molecule has 15 heavy (non-hydrogen) atoms. The van der Waals surface area contributed by atoms with E-state index < -0.39 is 16.9 Å². The van der Waals surface area contributed by atoms with Gasteiger partial charge in [-0.3, -0.25) is 9.00 Å². The van der Waals surface area contributed by atoms with Crippen LogP contribution < -0.4 is 10.6 Å². The SMILES string of the molecule is CC(CNC(=O)C1CNCCO1)S(C)=O. The molecular formula is C9H18N2O3S. The molecule has 2 N–H and O–H groups in total. The molecule has 6 heteroatoms. The highest BCUT2D eigenvalue weighted by Gasteiger charge is 2.21. The lowest BCUT2D eigenvalue weighted by molar-refractivity contribution is -0.134. The molecule has 3 unspecified atom stereocenters. The van der Waals surface area contributed by atoms with Crippen molar-refractivity contribution in [3.05, 3.63) is 0 Å². The third-order valence-corrected chi connectivity index (χ3v) is 3.65. The van der Waals surface area contributed by atoms with Crippen LogP contribution in [0.25, 0.3) is 0 Å². The largest absolute Gasteiger partial charge is 0.366 e. The smallest absolute Gasteiger partial charge is 0.250 e. The van der Waals surface area contributed by atoms with E-state index in [1.54, 1.807) is 6.26 Å². The Morgan fingerprint density at radius 2 is 2.47 bits per heavy atom. The van der Waals surface area contributed by atoms with Gasteiger partial charge in [0.2, 0.25) is 0 Å². The van der Waals surface area contributed by atoms with Crippen LogP contribution in [0.3, 0.4) is 0 Å². The van der Waals surface area contributed by atoms with Crippen LogP contribution in [0, 0.1) is 0 Å². The first-order valence-electron chi connectivity index (χ1n) is 5.03. The van der Waals surface area contributed by atoms with Crippen LogP contribution in [-0.2, 0) is 20.3 Å². The summed E-state index contributed by atoms with van der Waals surface area (Å²) in [7, 11) is -0.903. The second-order valence-electron chi connectivity index (χ2n) is 3.62. The standard InChI is InChI=1S/C9H18N2O3S/c1-7(15(2)13)5-11-9(12)8-6-10-3-4-14-8/h7-8,10H,3-6H2,1-2H3,(H,11,12). The molecule has 1 aliphatic heterocycles. The van der Waals surface area contributed by atoms with Gasteiger partial charge in [-0.15, -0.1) is 0 Å². The highest BCUT2D eigenvalue weighted by Crippen LogP contribution is 1.97. The van der Waals surface area contributed by atoms with E-state index in [1.165, 1.54) is 0 Å². The maximum atomic E-state index is 11.6. The van der Waals surface area contributed by atoms with E-state index in [2.05, 4.69) is 10.6 Å². The van der Waals surface area contributed by atoms with E-state index in [0.29, 0.717) is 19.7 Å². The topological polar surface area (TPSA) is 67.4 Å². The first-order chi connectivity index (χ1) is 7.11. The highest BCUT2D eigenvalue weighted by atomic mass is 32.2. The van der Waals surface area contributed by atoms with E-state index in [9.17, 15) is 9.00 Å². The van der Waals surface area contributed by atoms with E-state index in [1.807, 2.05) is 6.92 Å². The first kappa shape index (κ1) is 12.6. The molecule has 1 rings (SSSR count). The number of nitrogens with one attached hydrogen (secondary N) is 2. The molecule has 1 amide bonds. The normalized spacial score (nSPS) is 25.6. The zero-order valence-corrected chi connectivity index (χ0v) is 9.93. The molecule has 0 radical (unpaired) electrons. The average molecular weight is 234 g/mol. The van der Waals surface area contributed by atoms with Crippen molar-refractivity contribution in [1.29, 1.82) is 0 Å². The summed E-state index contributed by atoms with van der Waals surface area (Å²) in [4.78, 5) is 11.6. The number of ether oxygens (including phenoxy) is 1. The lowest BCUT2D eigenvalue weighted by atomic mass is 10.3. The Balaban J connectivity index is 2.25. The van der Waals surface area contributed by atoms with Crippen molar-refractivity contribution < 1.29 is 13.7 Å². The summed E-state index contributed by atoms with van der Waals surface area (Å²) >= 11 is 0. The molecule has 1 saturated heterocycles. The summed E-state index contributed by atoms with van der Waals surface area (Å²) in [6.45, 7) is 4.18. The van der Waals surface area contributed by atoms with E-state index in [-0.39, 0.29) is 11.2 Å². The van der Waals surface area contributed by atoms with E-state index >= 15 is 0 Å². The third-order valence-electron chi connectivity index (χ3n) is 2.35. The number of amides is 1. The number of hydrogen-bond donors (Lipinski definition) is 2. The Labute approximate surface area is 92.4 Å². The highest BCUT2D eigenvalue weighted by molar-refractivity contribution is 7.84. The van der Waals surface area contributed by atoms with Crippen LogP contribution in [0.15, 0.2) is 0 Å². The minimum absolute atomic E-state index is 0.0227. The van der Waals surface area contributed by atoms with Crippen LogP contribution >= 0.6 is 0 Å². The van der Waals surface area contributed by atoms with Crippen LogP contribution in [0.5, 0.6) is 0 Å². The lowest BCUT2D eigenvalue weighted by Crippen LogP contribution is -2.49. The molecule has 0 aromatic carbocycles. The fourth-order valence-electron chi connectivity index (χ4n) is 1.21. The summed E-state index contributed by atoms with van der Waals surface area (Å²) in [5, 5.41) is 5.79. The second-order valence-corrected chi connectivity index (χ2v) is 5.42. The van der Waals surface area contributed by atoms with Gasteiger partial charge in [0.05, 0.1) is 6.61 Å². The maximum absolute atomic E-state index is 11.6. The van der Waals surface area contributed by atoms with Crippen molar-refractivity contribution >= 4 is 16.7 Å². The lowest BCUT2D eigenvalue weighted by Gasteiger charge is -2.23. The Hall–Kier alpha value is -0.460. The van der Waals surface area contributed by atoms with Crippen molar-refractivity contribution in [2.45, 2.75) is 18.3 Å². The van der Waals surface area contributed by atoms with E-state index in [0.717, 1.165) is 6.54 Å². The Bertz CT molecular complexity index is 242. The molecule has 0 aromatic rings. The molecule has 0 bridgehead atoms. The Morgan fingerprint density at radius 3 is 3.00 bits per heavy atom. The Morgan fingerprint density at radius 1 is 1.73 bits per heavy atom. The van der Waals surface area contributed by atoms with Gasteiger partial charge in [0, 0.05) is 41.9 Å². The molecule has 0 saturated carbocycles. The van der Waals surface area contributed by atoms with Gasteiger partial charge in [-0.2, -0.15) is 0 Å². The molecule has 88 valence electrons. The summed E-state index contributed by atoms with van der Waals surface area (Å²) < 4.78 is 16.3. The number of hydrogen-bond acceptors (Lipinski definition) is 4. The second kappa shape index (κ2) is 6.19. The van der Waals surface area contributed by atoms with Crippen molar-refractivity contribution in [2.75, 3.05) is 32.5 Å². The van der Waals surface area contributed by atoms with Gasteiger partial charge in [-0.05, 0) is 6.92 Å². The maximum Gasteiger partial charge on any atom is 0.250 e. The van der Waals surface area contributed by atoms with Crippen molar-refractivity contribution in [3.8, 4) is 0 Å². The quantitative estimate of drug-likeness (QED) is 0.645. The monoisotopic (exact) mass is 234 g/mol. The van der Waals surface area contributed by atoms with Gasteiger partial charge in [0.15, 0.2) is 0 Å². The van der Waals surface area contributed by atoms with Gasteiger partial charge in [0.1, 0.15) is 6.10 Å². The van der Waals surface area contributed by atoms with Crippen LogP contribution in [0.2, 0.25) is 0 Å². The fraction of sp³-hybridized carbons (Fsp3) is 0.889. The zero-order chi connectivity index (χ0) is 11.3. The third kappa shape index (κ3) is 4.27. The Kier molecular flexibility index (Phi) is 5.21. The van der Waals surface area contributed by atoms with Gasteiger partial charge >= 0.3 is 0 Å². The van der Waals surface area contributed by atoms with Crippen molar-refractivity contribution in [2.24, 2.45) is 0 Å². The molecule has 5 nitrogen and oxygen atoms in total. The number of morpholine rings is 1. The molecule has 0 aromatic heterocycles. The summed E-state index contributed by atoms with van der Waals surface area (Å²) in [5.41, 5.74) is 0. The molecule has 1 heterocycles. The minimum atomic E-state index is -0.903. The zero-order valence-electron chi connectivity index (χ0n) is 9.12. The number of rotatable bonds is 4. The van der Waals surface area contributed by atoms with Crippen LogP contribution in [-0.4, -0.2) is 54.0 Å². The van der Waals surface area contributed by atoms with Gasteiger partial charge in [-0.25, -0.2) is 0 Å². The summed E-state index contributed by atoms with van der Waals surface area (Å²) in [6, 6.07) is 0. The van der Waals surface area contributed by atoms with Crippen molar-refractivity contribution in [1.82, 2.24) is 10.6 Å².